The van der Waals surface area contributed by atoms with Crippen molar-refractivity contribution in [3.05, 3.63) is 29.8 Å². The second-order valence-corrected chi connectivity index (χ2v) is 6.16. The second kappa shape index (κ2) is 7.78. The molecule has 4 nitrogen and oxygen atoms in total. The third-order valence-corrected chi connectivity index (χ3v) is 3.73. The van der Waals surface area contributed by atoms with E-state index in [9.17, 15) is 0 Å². The highest BCUT2D eigenvalue weighted by Gasteiger charge is 2.31. The van der Waals surface area contributed by atoms with Gasteiger partial charge in [0.1, 0.15) is 12.4 Å². The highest BCUT2D eigenvalue weighted by Crippen LogP contribution is 2.29. The van der Waals surface area contributed by atoms with E-state index in [-0.39, 0.29) is 11.7 Å². The van der Waals surface area contributed by atoms with Crippen LogP contribution in [0.2, 0.25) is 0 Å². The lowest BCUT2D eigenvalue weighted by Gasteiger charge is -2.19. The lowest BCUT2D eigenvalue weighted by molar-refractivity contribution is -0.0326. The summed E-state index contributed by atoms with van der Waals surface area (Å²) in [6.07, 6.45) is 2.40. The SMILES string of the molecule is COCCNCc1ccc(OCC2CCC(C)(C)O2)cc1. The van der Waals surface area contributed by atoms with E-state index in [1.807, 2.05) is 12.1 Å². The van der Waals surface area contributed by atoms with Gasteiger partial charge in [-0.2, -0.15) is 0 Å². The van der Waals surface area contributed by atoms with Gasteiger partial charge in [-0.15, -0.1) is 0 Å². The van der Waals surface area contributed by atoms with Crippen molar-refractivity contribution >= 4 is 0 Å². The fraction of sp³-hybridized carbons (Fsp3) is 0.647. The van der Waals surface area contributed by atoms with Crippen LogP contribution in [0.15, 0.2) is 24.3 Å². The average molecular weight is 293 g/mol. The van der Waals surface area contributed by atoms with Gasteiger partial charge in [0.2, 0.25) is 0 Å². The van der Waals surface area contributed by atoms with E-state index >= 15 is 0 Å². The Balaban J connectivity index is 1.70. The molecule has 0 aromatic heterocycles. The van der Waals surface area contributed by atoms with Gasteiger partial charge >= 0.3 is 0 Å². The summed E-state index contributed by atoms with van der Waals surface area (Å²) < 4.78 is 16.7. The van der Waals surface area contributed by atoms with E-state index in [0.29, 0.717) is 6.61 Å². The Bertz CT molecular complexity index is 417. The van der Waals surface area contributed by atoms with Crippen LogP contribution < -0.4 is 10.1 Å². The average Bonchev–Trinajstić information content (AvgIpc) is 2.82. The zero-order valence-corrected chi connectivity index (χ0v) is 13.4. The van der Waals surface area contributed by atoms with Crippen molar-refractivity contribution < 1.29 is 14.2 Å². The van der Waals surface area contributed by atoms with Crippen LogP contribution in [0.25, 0.3) is 0 Å². The standard InChI is InChI=1S/C17H27NO3/c1-17(2)9-8-16(21-17)13-20-15-6-4-14(5-7-15)12-18-10-11-19-3/h4-7,16,18H,8-13H2,1-3H3. The minimum atomic E-state index is 0.00571. The van der Waals surface area contributed by atoms with E-state index in [1.165, 1.54) is 5.56 Å². The van der Waals surface area contributed by atoms with Gasteiger partial charge in [0.25, 0.3) is 0 Å². The number of methoxy groups -OCH3 is 1. The molecule has 1 aromatic carbocycles. The monoisotopic (exact) mass is 293 g/mol. The smallest absolute Gasteiger partial charge is 0.119 e. The van der Waals surface area contributed by atoms with Crippen LogP contribution >= 0.6 is 0 Å². The maximum atomic E-state index is 5.92. The summed E-state index contributed by atoms with van der Waals surface area (Å²) in [6.45, 7) is 7.36. The summed E-state index contributed by atoms with van der Waals surface area (Å²) in [7, 11) is 1.71. The molecule has 1 aliphatic rings. The molecular formula is C17H27NO3. The zero-order valence-electron chi connectivity index (χ0n) is 13.4. The lowest BCUT2D eigenvalue weighted by Crippen LogP contribution is -2.23. The summed E-state index contributed by atoms with van der Waals surface area (Å²) >= 11 is 0. The van der Waals surface area contributed by atoms with Crippen molar-refractivity contribution in [1.82, 2.24) is 5.32 Å². The van der Waals surface area contributed by atoms with Crippen LogP contribution in [0.3, 0.4) is 0 Å². The molecule has 1 fully saturated rings. The Hall–Kier alpha value is -1.10. The summed E-state index contributed by atoms with van der Waals surface area (Å²) in [5, 5.41) is 3.32. The molecule has 1 atom stereocenters. The van der Waals surface area contributed by atoms with Gasteiger partial charge in [0, 0.05) is 20.2 Å². The third-order valence-electron chi connectivity index (χ3n) is 3.73. The second-order valence-electron chi connectivity index (χ2n) is 6.16. The predicted octanol–water partition coefficient (Wildman–Crippen LogP) is 2.76. The van der Waals surface area contributed by atoms with Crippen LogP contribution in [0, 0.1) is 0 Å². The Morgan fingerprint density at radius 3 is 2.67 bits per heavy atom. The highest BCUT2D eigenvalue weighted by atomic mass is 16.6. The number of rotatable bonds is 8. The third kappa shape index (κ3) is 5.65. The van der Waals surface area contributed by atoms with Crippen LogP contribution in [0.1, 0.15) is 32.3 Å². The molecule has 118 valence electrons. The fourth-order valence-electron chi connectivity index (χ4n) is 2.49. The van der Waals surface area contributed by atoms with Gasteiger partial charge in [-0.05, 0) is 44.4 Å². The Labute approximate surface area is 127 Å². The number of ether oxygens (including phenoxy) is 3. The van der Waals surface area contributed by atoms with Crippen molar-refractivity contribution in [2.45, 2.75) is 44.9 Å². The summed E-state index contributed by atoms with van der Waals surface area (Å²) in [5.41, 5.74) is 1.25. The molecule has 0 saturated carbocycles. The molecule has 0 aliphatic carbocycles. The van der Waals surface area contributed by atoms with Crippen molar-refractivity contribution in [3.8, 4) is 5.75 Å². The minimum Gasteiger partial charge on any atom is -0.491 e. The normalized spacial score (nSPS) is 20.6. The van der Waals surface area contributed by atoms with Crippen LogP contribution in [0.4, 0.5) is 0 Å². The van der Waals surface area contributed by atoms with Crippen LogP contribution in [0.5, 0.6) is 5.75 Å². The Morgan fingerprint density at radius 2 is 2.05 bits per heavy atom. The molecule has 0 spiro atoms. The van der Waals surface area contributed by atoms with Gasteiger partial charge in [-0.3, -0.25) is 0 Å². The Kier molecular flexibility index (Phi) is 6.03. The van der Waals surface area contributed by atoms with E-state index < -0.39 is 0 Å². The number of nitrogens with one attached hydrogen (secondary N) is 1. The maximum absolute atomic E-state index is 5.92. The molecule has 21 heavy (non-hydrogen) atoms. The van der Waals surface area contributed by atoms with Gasteiger partial charge in [-0.25, -0.2) is 0 Å². The molecule has 1 N–H and O–H groups in total. The van der Waals surface area contributed by atoms with E-state index in [2.05, 4.69) is 31.3 Å². The summed E-state index contributed by atoms with van der Waals surface area (Å²) in [6, 6.07) is 8.23. The van der Waals surface area contributed by atoms with Crippen LogP contribution in [-0.4, -0.2) is 38.6 Å². The van der Waals surface area contributed by atoms with Crippen LogP contribution in [-0.2, 0) is 16.0 Å². The molecule has 1 aliphatic heterocycles. The van der Waals surface area contributed by atoms with E-state index in [0.717, 1.165) is 38.3 Å². The molecule has 2 rings (SSSR count). The van der Waals surface area contributed by atoms with Gasteiger partial charge in [0.15, 0.2) is 0 Å². The van der Waals surface area contributed by atoms with Gasteiger partial charge in [0.05, 0.1) is 18.3 Å². The maximum Gasteiger partial charge on any atom is 0.119 e. The van der Waals surface area contributed by atoms with E-state index in [4.69, 9.17) is 14.2 Å². The summed E-state index contributed by atoms with van der Waals surface area (Å²) in [4.78, 5) is 0. The largest absolute Gasteiger partial charge is 0.491 e. The van der Waals surface area contributed by atoms with E-state index in [1.54, 1.807) is 7.11 Å². The fourth-order valence-corrected chi connectivity index (χ4v) is 2.49. The minimum absolute atomic E-state index is 0.00571. The molecule has 1 unspecified atom stereocenters. The zero-order chi connectivity index (χ0) is 15.1. The first kappa shape index (κ1) is 16.3. The van der Waals surface area contributed by atoms with Gasteiger partial charge < -0.3 is 19.5 Å². The molecular weight excluding hydrogens is 266 g/mol. The molecule has 1 saturated heterocycles. The first-order chi connectivity index (χ1) is 10.1. The lowest BCUT2D eigenvalue weighted by atomic mass is 10.1. The first-order valence-electron chi connectivity index (χ1n) is 7.68. The molecule has 0 radical (unpaired) electrons. The van der Waals surface area contributed by atoms with Gasteiger partial charge in [-0.1, -0.05) is 12.1 Å². The Morgan fingerprint density at radius 1 is 1.29 bits per heavy atom. The number of benzene rings is 1. The molecule has 1 heterocycles. The van der Waals surface area contributed by atoms with Crippen molar-refractivity contribution in [1.29, 1.82) is 0 Å². The predicted molar refractivity (Wildman–Crippen MR) is 83.7 cm³/mol. The molecule has 4 heteroatoms. The topological polar surface area (TPSA) is 39.7 Å². The van der Waals surface area contributed by atoms with Crippen molar-refractivity contribution in [2.24, 2.45) is 0 Å². The van der Waals surface area contributed by atoms with Crippen molar-refractivity contribution in [3.63, 3.8) is 0 Å². The highest BCUT2D eigenvalue weighted by molar-refractivity contribution is 5.27. The van der Waals surface area contributed by atoms with Crippen molar-refractivity contribution in [2.75, 3.05) is 26.9 Å². The quantitative estimate of drug-likeness (QED) is 0.748. The molecule has 0 amide bonds. The number of hydrogen-bond donors (Lipinski definition) is 1. The first-order valence-corrected chi connectivity index (χ1v) is 7.68. The molecule has 1 aromatic rings. The molecule has 0 bridgehead atoms. The number of hydrogen-bond acceptors (Lipinski definition) is 4. The summed E-state index contributed by atoms with van der Waals surface area (Å²) in [5.74, 6) is 0.906.